The second-order valence-corrected chi connectivity index (χ2v) is 6.14. The summed E-state index contributed by atoms with van der Waals surface area (Å²) in [4.78, 5) is 1.15. The van der Waals surface area contributed by atoms with Crippen LogP contribution in [-0.2, 0) is 0 Å². The Morgan fingerprint density at radius 2 is 2.31 bits per heavy atom. The fourth-order valence-electron chi connectivity index (χ4n) is 1.60. The Labute approximate surface area is 108 Å². The van der Waals surface area contributed by atoms with E-state index in [1.807, 2.05) is 18.2 Å². The Hall–Kier alpha value is -0.500. The molecule has 0 aliphatic heterocycles. The lowest BCUT2D eigenvalue weighted by Crippen LogP contribution is -2.43. The maximum Gasteiger partial charge on any atom is 0.116 e. The van der Waals surface area contributed by atoms with E-state index in [0.717, 1.165) is 22.2 Å². The van der Waals surface area contributed by atoms with Gasteiger partial charge in [-0.1, -0.05) is 22.0 Å². The van der Waals surface area contributed by atoms with Crippen LogP contribution < -0.4 is 5.73 Å². The lowest BCUT2D eigenvalue weighted by Gasteiger charge is -2.20. The van der Waals surface area contributed by atoms with Crippen LogP contribution in [0.3, 0.4) is 0 Å². The summed E-state index contributed by atoms with van der Waals surface area (Å²) in [6.45, 7) is 0. The van der Waals surface area contributed by atoms with Crippen LogP contribution in [0.2, 0.25) is 0 Å². The third kappa shape index (κ3) is 2.79. The molecule has 1 aromatic carbocycles. The second kappa shape index (κ2) is 4.79. The van der Waals surface area contributed by atoms with Crippen LogP contribution in [0.15, 0.2) is 33.6 Å². The summed E-state index contributed by atoms with van der Waals surface area (Å²) in [5.74, 6) is 1.07. The quantitative estimate of drug-likeness (QED) is 0.868. The van der Waals surface area contributed by atoms with Gasteiger partial charge in [0.15, 0.2) is 0 Å². The van der Waals surface area contributed by atoms with Gasteiger partial charge in [0.1, 0.15) is 5.54 Å². The first-order valence-electron chi connectivity index (χ1n) is 5.22. The Balaban J connectivity index is 1.99. The van der Waals surface area contributed by atoms with E-state index in [-0.39, 0.29) is 0 Å². The Morgan fingerprint density at radius 3 is 2.88 bits per heavy atom. The Kier molecular flexibility index (Phi) is 3.58. The van der Waals surface area contributed by atoms with E-state index in [2.05, 4.69) is 28.1 Å². The molecule has 2 nitrogen and oxygen atoms in total. The molecule has 1 aliphatic rings. The van der Waals surface area contributed by atoms with Gasteiger partial charge in [-0.2, -0.15) is 5.26 Å². The zero-order valence-corrected chi connectivity index (χ0v) is 11.2. The maximum atomic E-state index is 9.13. The molecular weight excluding hydrogens is 284 g/mol. The lowest BCUT2D eigenvalue weighted by atomic mass is 10.00. The van der Waals surface area contributed by atoms with Crippen molar-refractivity contribution in [3.8, 4) is 6.07 Å². The molecule has 1 aliphatic carbocycles. The molecule has 1 unspecified atom stereocenters. The summed E-state index contributed by atoms with van der Waals surface area (Å²) in [5.41, 5.74) is 5.45. The molecule has 0 heterocycles. The average Bonchev–Trinajstić information content (AvgIpc) is 3.10. The highest BCUT2D eigenvalue weighted by molar-refractivity contribution is 9.10. The standard InChI is InChI=1S/C12H13BrN2S/c13-10-2-1-3-11(6-10)16-8-12(15,7-14)9-4-5-9/h1-3,6,9H,4-5,8,15H2. The van der Waals surface area contributed by atoms with Crippen molar-refractivity contribution in [2.45, 2.75) is 23.3 Å². The first kappa shape index (κ1) is 12.0. The number of hydrogen-bond donors (Lipinski definition) is 1. The van der Waals surface area contributed by atoms with Gasteiger partial charge in [-0.25, -0.2) is 0 Å². The van der Waals surface area contributed by atoms with Gasteiger partial charge in [0.2, 0.25) is 0 Å². The van der Waals surface area contributed by atoms with Crippen molar-refractivity contribution in [3.05, 3.63) is 28.7 Å². The second-order valence-electron chi connectivity index (χ2n) is 4.17. The van der Waals surface area contributed by atoms with Crippen molar-refractivity contribution in [2.75, 3.05) is 5.75 Å². The zero-order chi connectivity index (χ0) is 11.6. The van der Waals surface area contributed by atoms with Crippen LogP contribution in [0, 0.1) is 17.2 Å². The van der Waals surface area contributed by atoms with Crippen molar-refractivity contribution in [2.24, 2.45) is 11.7 Å². The molecular formula is C12H13BrN2S. The summed E-state index contributed by atoms with van der Waals surface area (Å²) >= 11 is 5.09. The van der Waals surface area contributed by atoms with E-state index in [4.69, 9.17) is 11.0 Å². The van der Waals surface area contributed by atoms with E-state index in [1.165, 1.54) is 0 Å². The zero-order valence-electron chi connectivity index (χ0n) is 8.82. The van der Waals surface area contributed by atoms with E-state index in [1.54, 1.807) is 11.8 Å². The molecule has 1 fully saturated rings. The van der Waals surface area contributed by atoms with E-state index >= 15 is 0 Å². The predicted molar refractivity (Wildman–Crippen MR) is 70.1 cm³/mol. The minimum Gasteiger partial charge on any atom is -0.312 e. The number of nitrogens with zero attached hydrogens (tertiary/aromatic N) is 1. The molecule has 0 saturated heterocycles. The van der Waals surface area contributed by atoms with Crippen LogP contribution in [-0.4, -0.2) is 11.3 Å². The first-order valence-corrected chi connectivity index (χ1v) is 7.00. The summed E-state index contributed by atoms with van der Waals surface area (Å²) in [5, 5.41) is 9.13. The number of benzene rings is 1. The van der Waals surface area contributed by atoms with Crippen molar-refractivity contribution < 1.29 is 0 Å². The van der Waals surface area contributed by atoms with Gasteiger partial charge >= 0.3 is 0 Å². The minimum absolute atomic E-state index is 0.400. The Morgan fingerprint density at radius 1 is 1.56 bits per heavy atom. The molecule has 16 heavy (non-hydrogen) atoms. The SMILES string of the molecule is N#CC(N)(CSc1cccc(Br)c1)C1CC1. The van der Waals surface area contributed by atoms with Crippen molar-refractivity contribution >= 4 is 27.7 Å². The van der Waals surface area contributed by atoms with Crippen LogP contribution >= 0.6 is 27.7 Å². The monoisotopic (exact) mass is 296 g/mol. The number of nitrogens with two attached hydrogens (primary N) is 1. The Bertz CT molecular complexity index is 425. The molecule has 0 amide bonds. The predicted octanol–water partition coefficient (Wildman–Crippen LogP) is 3.17. The number of thioether (sulfide) groups is 1. The number of hydrogen-bond acceptors (Lipinski definition) is 3. The van der Waals surface area contributed by atoms with Gasteiger partial charge in [-0.15, -0.1) is 11.8 Å². The van der Waals surface area contributed by atoms with Gasteiger partial charge in [-0.05, 0) is 37.0 Å². The van der Waals surface area contributed by atoms with Gasteiger partial charge in [0.05, 0.1) is 6.07 Å². The molecule has 2 rings (SSSR count). The normalized spacial score (nSPS) is 18.8. The van der Waals surface area contributed by atoms with Crippen molar-refractivity contribution in [1.29, 1.82) is 5.26 Å². The topological polar surface area (TPSA) is 49.8 Å². The van der Waals surface area contributed by atoms with E-state index in [9.17, 15) is 0 Å². The molecule has 0 radical (unpaired) electrons. The van der Waals surface area contributed by atoms with Crippen LogP contribution in [0.4, 0.5) is 0 Å². The first-order chi connectivity index (χ1) is 7.64. The number of halogens is 1. The van der Waals surface area contributed by atoms with Crippen molar-refractivity contribution in [1.82, 2.24) is 0 Å². The summed E-state index contributed by atoms with van der Waals surface area (Å²) in [6.07, 6.45) is 2.20. The highest BCUT2D eigenvalue weighted by Crippen LogP contribution is 2.40. The van der Waals surface area contributed by atoms with Gasteiger partial charge in [0.25, 0.3) is 0 Å². The highest BCUT2D eigenvalue weighted by atomic mass is 79.9. The maximum absolute atomic E-state index is 9.13. The minimum atomic E-state index is -0.646. The van der Waals surface area contributed by atoms with E-state index in [0.29, 0.717) is 11.7 Å². The number of rotatable bonds is 4. The van der Waals surface area contributed by atoms with E-state index < -0.39 is 5.54 Å². The molecule has 0 bridgehead atoms. The van der Waals surface area contributed by atoms with Crippen LogP contribution in [0.25, 0.3) is 0 Å². The molecule has 0 spiro atoms. The molecule has 1 aromatic rings. The molecule has 4 heteroatoms. The summed E-state index contributed by atoms with van der Waals surface area (Å²) in [6, 6.07) is 10.3. The molecule has 1 saturated carbocycles. The molecule has 0 aromatic heterocycles. The third-order valence-electron chi connectivity index (χ3n) is 2.79. The largest absolute Gasteiger partial charge is 0.312 e. The molecule has 1 atom stereocenters. The van der Waals surface area contributed by atoms with Crippen LogP contribution in [0.5, 0.6) is 0 Å². The smallest absolute Gasteiger partial charge is 0.116 e. The highest BCUT2D eigenvalue weighted by Gasteiger charge is 2.42. The molecule has 84 valence electrons. The number of nitriles is 1. The van der Waals surface area contributed by atoms with Gasteiger partial charge in [0, 0.05) is 15.1 Å². The fourth-order valence-corrected chi connectivity index (χ4v) is 3.24. The van der Waals surface area contributed by atoms with Crippen molar-refractivity contribution in [3.63, 3.8) is 0 Å². The lowest BCUT2D eigenvalue weighted by molar-refractivity contribution is 0.532. The summed E-state index contributed by atoms with van der Waals surface area (Å²) in [7, 11) is 0. The summed E-state index contributed by atoms with van der Waals surface area (Å²) < 4.78 is 1.06. The third-order valence-corrected chi connectivity index (χ3v) is 4.49. The van der Waals surface area contributed by atoms with Gasteiger partial charge in [-0.3, -0.25) is 0 Å². The average molecular weight is 297 g/mol. The van der Waals surface area contributed by atoms with Crippen LogP contribution in [0.1, 0.15) is 12.8 Å². The molecule has 2 N–H and O–H groups in total. The fraction of sp³-hybridized carbons (Fsp3) is 0.417. The van der Waals surface area contributed by atoms with Gasteiger partial charge < -0.3 is 5.73 Å².